The quantitative estimate of drug-likeness (QED) is 0.470. The number of ether oxygens (including phenoxy) is 1. The Labute approximate surface area is 79.2 Å². The number of aliphatic hydroxyl groups excluding tert-OH is 3. The van der Waals surface area contributed by atoms with Crippen LogP contribution in [-0.2, 0) is 4.74 Å². The molecule has 4 nitrogen and oxygen atoms in total. The summed E-state index contributed by atoms with van der Waals surface area (Å²) in [5.74, 6) is 0. The van der Waals surface area contributed by atoms with Crippen molar-refractivity contribution in [3.05, 3.63) is 0 Å². The third-order valence-corrected chi connectivity index (χ3v) is 1.71. The van der Waals surface area contributed by atoms with Gasteiger partial charge in [0.1, 0.15) is 0 Å². The first-order valence-corrected chi connectivity index (χ1v) is 4.75. The number of hydrogen-bond acceptors (Lipinski definition) is 4. The molecule has 4 heteroatoms. The van der Waals surface area contributed by atoms with E-state index in [-0.39, 0.29) is 19.6 Å². The predicted molar refractivity (Wildman–Crippen MR) is 49.4 cm³/mol. The molecule has 0 saturated carbocycles. The molecule has 0 saturated heterocycles. The Bertz CT molecular complexity index is 108. The highest BCUT2D eigenvalue weighted by Gasteiger charge is 2.10. The topological polar surface area (TPSA) is 69.9 Å². The molecule has 0 bridgehead atoms. The molecule has 0 aliphatic rings. The van der Waals surface area contributed by atoms with Crippen LogP contribution in [0.25, 0.3) is 0 Å². The number of unbranched alkanes of at least 4 members (excludes halogenated alkanes) is 1. The van der Waals surface area contributed by atoms with E-state index in [0.717, 1.165) is 12.8 Å². The average Bonchev–Trinajstić information content (AvgIpc) is 2.12. The maximum atomic E-state index is 9.25. The molecule has 0 amide bonds. The molecule has 0 heterocycles. The summed E-state index contributed by atoms with van der Waals surface area (Å²) in [6.45, 7) is 2.63. The molecular formula is C9H20O4. The zero-order valence-electron chi connectivity index (χ0n) is 8.15. The Balaban J connectivity index is 3.24. The fourth-order valence-corrected chi connectivity index (χ4v) is 0.922. The Morgan fingerprint density at radius 2 is 1.92 bits per heavy atom. The van der Waals surface area contributed by atoms with E-state index in [2.05, 4.69) is 6.92 Å². The van der Waals surface area contributed by atoms with Crippen LogP contribution in [0.5, 0.6) is 0 Å². The maximum Gasteiger partial charge on any atom is 0.0799 e. The Morgan fingerprint density at radius 3 is 2.46 bits per heavy atom. The molecule has 0 aromatic heterocycles. The summed E-state index contributed by atoms with van der Waals surface area (Å²) in [7, 11) is 0. The zero-order valence-corrected chi connectivity index (χ0v) is 8.15. The summed E-state index contributed by atoms with van der Waals surface area (Å²) in [6.07, 6.45) is 0.691. The van der Waals surface area contributed by atoms with Gasteiger partial charge >= 0.3 is 0 Å². The lowest BCUT2D eigenvalue weighted by Gasteiger charge is -2.13. The molecule has 0 aromatic rings. The third-order valence-electron chi connectivity index (χ3n) is 1.71. The highest BCUT2D eigenvalue weighted by molar-refractivity contribution is 4.61. The van der Waals surface area contributed by atoms with E-state index in [1.807, 2.05) is 0 Å². The van der Waals surface area contributed by atoms with Crippen molar-refractivity contribution < 1.29 is 20.1 Å². The summed E-state index contributed by atoms with van der Waals surface area (Å²) >= 11 is 0. The lowest BCUT2D eigenvalue weighted by Crippen LogP contribution is -2.24. The summed E-state index contributed by atoms with van der Waals surface area (Å²) in [6, 6.07) is 0. The predicted octanol–water partition coefficient (Wildman–Crippen LogP) is -0.0927. The molecule has 0 radical (unpaired) electrons. The van der Waals surface area contributed by atoms with Crippen molar-refractivity contribution in [2.45, 2.75) is 38.4 Å². The lowest BCUT2D eigenvalue weighted by molar-refractivity contribution is -0.00648. The molecule has 3 N–H and O–H groups in total. The van der Waals surface area contributed by atoms with Gasteiger partial charge in [0.25, 0.3) is 0 Å². The van der Waals surface area contributed by atoms with Crippen molar-refractivity contribution in [1.29, 1.82) is 0 Å². The first-order valence-electron chi connectivity index (χ1n) is 4.75. The molecule has 2 atom stereocenters. The van der Waals surface area contributed by atoms with Gasteiger partial charge in [-0.2, -0.15) is 0 Å². The summed E-state index contributed by atoms with van der Waals surface area (Å²) < 4.78 is 5.14. The molecule has 0 spiro atoms. The smallest absolute Gasteiger partial charge is 0.0799 e. The van der Waals surface area contributed by atoms with Gasteiger partial charge in [-0.15, -0.1) is 0 Å². The minimum Gasteiger partial charge on any atom is -0.394 e. The second-order valence-electron chi connectivity index (χ2n) is 3.15. The fraction of sp³-hybridized carbons (Fsp3) is 1.00. The number of rotatable bonds is 8. The first-order chi connectivity index (χ1) is 6.20. The number of hydrogen-bond donors (Lipinski definition) is 3. The van der Waals surface area contributed by atoms with Crippen LogP contribution in [0.15, 0.2) is 0 Å². The molecule has 13 heavy (non-hydrogen) atoms. The molecule has 0 unspecified atom stereocenters. The molecule has 0 fully saturated rings. The van der Waals surface area contributed by atoms with Crippen LogP contribution in [-0.4, -0.2) is 47.3 Å². The minimum atomic E-state index is -0.843. The molecule has 0 aliphatic heterocycles. The van der Waals surface area contributed by atoms with E-state index < -0.39 is 12.2 Å². The zero-order chi connectivity index (χ0) is 10.1. The second-order valence-corrected chi connectivity index (χ2v) is 3.15. The molecule has 0 rings (SSSR count). The second kappa shape index (κ2) is 8.44. The van der Waals surface area contributed by atoms with E-state index in [4.69, 9.17) is 14.9 Å². The van der Waals surface area contributed by atoms with Crippen molar-refractivity contribution in [2.75, 3.05) is 19.8 Å². The Morgan fingerprint density at radius 1 is 1.23 bits per heavy atom. The van der Waals surface area contributed by atoms with Gasteiger partial charge < -0.3 is 20.1 Å². The minimum absolute atomic E-state index is 0.169. The van der Waals surface area contributed by atoms with Crippen molar-refractivity contribution in [3.63, 3.8) is 0 Å². The van der Waals surface area contributed by atoms with Crippen LogP contribution in [0.3, 0.4) is 0 Å². The van der Waals surface area contributed by atoms with Crippen LogP contribution in [0.4, 0.5) is 0 Å². The van der Waals surface area contributed by atoms with Crippen molar-refractivity contribution in [3.8, 4) is 0 Å². The van der Waals surface area contributed by atoms with Gasteiger partial charge in [0, 0.05) is 13.0 Å². The fourth-order valence-electron chi connectivity index (χ4n) is 0.922. The molecule has 0 aliphatic carbocycles. The van der Waals surface area contributed by atoms with E-state index >= 15 is 0 Å². The van der Waals surface area contributed by atoms with Crippen LogP contribution in [0.1, 0.15) is 26.2 Å². The normalized spacial score (nSPS) is 15.7. The van der Waals surface area contributed by atoms with Gasteiger partial charge in [-0.1, -0.05) is 13.3 Å². The highest BCUT2D eigenvalue weighted by atomic mass is 16.5. The highest BCUT2D eigenvalue weighted by Crippen LogP contribution is 1.99. The van der Waals surface area contributed by atoms with Crippen molar-refractivity contribution in [2.24, 2.45) is 0 Å². The summed E-state index contributed by atoms with van der Waals surface area (Å²) in [5, 5.41) is 26.7. The summed E-state index contributed by atoms with van der Waals surface area (Å²) in [5.41, 5.74) is 0. The van der Waals surface area contributed by atoms with Gasteiger partial charge in [-0.3, -0.25) is 0 Å². The van der Waals surface area contributed by atoms with E-state index in [1.165, 1.54) is 0 Å². The first kappa shape index (κ1) is 12.8. The van der Waals surface area contributed by atoms with Gasteiger partial charge in [-0.05, 0) is 6.42 Å². The largest absolute Gasteiger partial charge is 0.394 e. The average molecular weight is 192 g/mol. The van der Waals surface area contributed by atoms with Gasteiger partial charge in [0.05, 0.1) is 25.4 Å². The Hall–Kier alpha value is -0.160. The standard InChI is InChI=1S/C9H20O4/c1-2-3-4-13-7-9(12)5-8(11)6-10/h8-12H,2-7H2,1H3/t8-,9+/m1/s1. The van der Waals surface area contributed by atoms with E-state index in [9.17, 15) is 5.11 Å². The molecule has 80 valence electrons. The molecule has 0 aromatic carbocycles. The monoisotopic (exact) mass is 192 g/mol. The maximum absolute atomic E-state index is 9.25. The number of aliphatic hydroxyl groups is 3. The third kappa shape index (κ3) is 8.18. The van der Waals surface area contributed by atoms with Crippen LogP contribution in [0.2, 0.25) is 0 Å². The van der Waals surface area contributed by atoms with E-state index in [1.54, 1.807) is 0 Å². The van der Waals surface area contributed by atoms with E-state index in [0.29, 0.717) is 6.61 Å². The summed E-state index contributed by atoms with van der Waals surface area (Å²) in [4.78, 5) is 0. The van der Waals surface area contributed by atoms with Crippen molar-refractivity contribution >= 4 is 0 Å². The lowest BCUT2D eigenvalue weighted by atomic mass is 10.2. The molecular weight excluding hydrogens is 172 g/mol. The van der Waals surface area contributed by atoms with Crippen LogP contribution in [0, 0.1) is 0 Å². The van der Waals surface area contributed by atoms with Crippen LogP contribution < -0.4 is 0 Å². The van der Waals surface area contributed by atoms with Crippen molar-refractivity contribution in [1.82, 2.24) is 0 Å². The van der Waals surface area contributed by atoms with Gasteiger partial charge in [0.2, 0.25) is 0 Å². The van der Waals surface area contributed by atoms with Crippen LogP contribution >= 0.6 is 0 Å². The van der Waals surface area contributed by atoms with Gasteiger partial charge in [-0.25, -0.2) is 0 Å². The Kier molecular flexibility index (Phi) is 8.33. The SMILES string of the molecule is CCCCOC[C@@H](O)C[C@@H](O)CO. The van der Waals surface area contributed by atoms with Gasteiger partial charge in [0.15, 0.2) is 0 Å².